The Morgan fingerprint density at radius 3 is 0.926 bits per heavy atom. The molecule has 12 heteroatoms. The van der Waals surface area contributed by atoms with E-state index in [1.54, 1.807) is 0 Å². The van der Waals surface area contributed by atoms with Gasteiger partial charge in [0.1, 0.15) is 0 Å². The number of nitrogens with zero attached hydrogens (tertiary/aromatic N) is 2. The standard InChI is InChI=1S/C13H32N2.2CH4O4S/c1-14(2,3)12-10-8-7-9-11-13-15(4,5)6;2*1-5-6(2,3)4/h7-13H2,1-6H3;2*1H3,(H,2,3,4)/q+2;;/p-2. The van der Waals surface area contributed by atoms with Gasteiger partial charge in [0.25, 0.3) is 0 Å². The third-order valence-corrected chi connectivity index (χ3v) is 3.88. The Morgan fingerprint density at radius 2 is 0.778 bits per heavy atom. The third-order valence-electron chi connectivity index (χ3n) is 3.07. The minimum atomic E-state index is -4.41. The van der Waals surface area contributed by atoms with Crippen molar-refractivity contribution in [2.24, 2.45) is 0 Å². The average molecular weight is 439 g/mol. The second-order valence-corrected chi connectivity index (χ2v) is 10.2. The van der Waals surface area contributed by atoms with Crippen molar-refractivity contribution in [3.05, 3.63) is 0 Å². The van der Waals surface area contributed by atoms with Gasteiger partial charge in [-0.25, -0.2) is 16.8 Å². The zero-order valence-corrected chi connectivity index (χ0v) is 19.6. The summed E-state index contributed by atoms with van der Waals surface area (Å²) in [6.45, 7) is 2.63. The molecule has 10 nitrogen and oxygen atoms in total. The molecular weight excluding hydrogens is 400 g/mol. The van der Waals surface area contributed by atoms with Gasteiger partial charge in [-0.3, -0.25) is 8.37 Å². The van der Waals surface area contributed by atoms with E-state index in [2.05, 4.69) is 50.7 Å². The summed E-state index contributed by atoms with van der Waals surface area (Å²) in [5, 5.41) is 0. The molecule has 0 spiro atoms. The fourth-order valence-corrected chi connectivity index (χ4v) is 1.70. The molecule has 0 aromatic heterocycles. The lowest BCUT2D eigenvalue weighted by molar-refractivity contribution is -0.870. The number of rotatable bonds is 10. The first kappa shape index (κ1) is 31.4. The fourth-order valence-electron chi connectivity index (χ4n) is 1.70. The molecule has 0 radical (unpaired) electrons. The van der Waals surface area contributed by atoms with Crippen molar-refractivity contribution >= 4 is 20.8 Å². The van der Waals surface area contributed by atoms with Crippen molar-refractivity contribution in [1.29, 1.82) is 0 Å². The lowest BCUT2D eigenvalue weighted by Crippen LogP contribution is -2.35. The van der Waals surface area contributed by atoms with E-state index in [1.165, 1.54) is 45.2 Å². The minimum absolute atomic E-state index is 0.808. The Labute approximate surface area is 166 Å². The largest absolute Gasteiger partial charge is 0.726 e. The molecule has 0 amide bonds. The maximum atomic E-state index is 9.22. The molecular formula is C15H38N2O8S2. The summed E-state index contributed by atoms with van der Waals surface area (Å²) >= 11 is 0. The molecule has 0 heterocycles. The van der Waals surface area contributed by atoms with Crippen molar-refractivity contribution in [3.8, 4) is 0 Å². The van der Waals surface area contributed by atoms with E-state index in [-0.39, 0.29) is 0 Å². The summed E-state index contributed by atoms with van der Waals surface area (Å²) in [4.78, 5) is 0. The van der Waals surface area contributed by atoms with E-state index in [1.807, 2.05) is 0 Å². The van der Waals surface area contributed by atoms with Crippen LogP contribution in [0.1, 0.15) is 32.1 Å². The van der Waals surface area contributed by atoms with Crippen LogP contribution < -0.4 is 0 Å². The minimum Gasteiger partial charge on any atom is -0.726 e. The summed E-state index contributed by atoms with van der Waals surface area (Å²) in [6, 6.07) is 0. The first-order valence-electron chi connectivity index (χ1n) is 8.47. The Balaban J connectivity index is -0.000000394. The van der Waals surface area contributed by atoms with Crippen LogP contribution in [0.3, 0.4) is 0 Å². The molecule has 0 rings (SSSR count). The highest BCUT2D eigenvalue weighted by atomic mass is 32.3. The number of unbranched alkanes of at least 4 members (excludes halogenated alkanes) is 4. The SMILES string of the molecule is COS(=O)(=O)[O-].COS(=O)(=O)[O-].C[N+](C)(C)CCCCCCC[N+](C)(C)C. The number of hydrogen-bond donors (Lipinski definition) is 0. The summed E-state index contributed by atoms with van der Waals surface area (Å²) < 4.78 is 64.3. The van der Waals surface area contributed by atoms with Crippen molar-refractivity contribution in [2.45, 2.75) is 32.1 Å². The van der Waals surface area contributed by atoms with Crippen LogP contribution in [0.15, 0.2) is 0 Å². The number of quaternary nitrogens is 2. The van der Waals surface area contributed by atoms with Crippen LogP contribution >= 0.6 is 0 Å². The van der Waals surface area contributed by atoms with Crippen molar-refractivity contribution in [3.63, 3.8) is 0 Å². The Morgan fingerprint density at radius 1 is 0.593 bits per heavy atom. The molecule has 27 heavy (non-hydrogen) atoms. The van der Waals surface area contributed by atoms with E-state index in [0.717, 1.165) is 23.2 Å². The number of hydrogen-bond acceptors (Lipinski definition) is 8. The van der Waals surface area contributed by atoms with Crippen LogP contribution in [0.4, 0.5) is 0 Å². The maximum Gasteiger partial charge on any atom is 0.217 e. The topological polar surface area (TPSA) is 133 Å². The van der Waals surface area contributed by atoms with Crippen molar-refractivity contribution in [2.75, 3.05) is 69.6 Å². The molecule has 0 bridgehead atoms. The van der Waals surface area contributed by atoms with Gasteiger partial charge < -0.3 is 18.1 Å². The highest BCUT2D eigenvalue weighted by Gasteiger charge is 2.07. The van der Waals surface area contributed by atoms with Gasteiger partial charge in [0.15, 0.2) is 0 Å². The molecule has 0 fully saturated rings. The highest BCUT2D eigenvalue weighted by molar-refractivity contribution is 7.81. The lowest BCUT2D eigenvalue weighted by Gasteiger charge is -2.24. The molecule has 0 saturated heterocycles. The monoisotopic (exact) mass is 438 g/mol. The highest BCUT2D eigenvalue weighted by Crippen LogP contribution is 2.07. The van der Waals surface area contributed by atoms with E-state index < -0.39 is 20.8 Å². The quantitative estimate of drug-likeness (QED) is 0.209. The zero-order chi connectivity index (χ0) is 22.4. The van der Waals surface area contributed by atoms with E-state index in [9.17, 15) is 25.9 Å². The molecule has 0 unspecified atom stereocenters. The lowest BCUT2D eigenvalue weighted by atomic mass is 10.1. The first-order valence-corrected chi connectivity index (χ1v) is 11.1. The van der Waals surface area contributed by atoms with Gasteiger partial charge in [-0.2, -0.15) is 0 Å². The molecule has 0 N–H and O–H groups in total. The molecule has 168 valence electrons. The maximum absolute atomic E-state index is 9.22. The van der Waals surface area contributed by atoms with Crippen molar-refractivity contribution < 1.29 is 43.3 Å². The molecule has 0 atom stereocenters. The van der Waals surface area contributed by atoms with E-state index >= 15 is 0 Å². The summed E-state index contributed by atoms with van der Waals surface area (Å²) in [5.41, 5.74) is 0. The molecule has 0 aromatic rings. The van der Waals surface area contributed by atoms with Gasteiger partial charge in [-0.1, -0.05) is 6.42 Å². The van der Waals surface area contributed by atoms with Gasteiger partial charge in [-0.15, -0.1) is 0 Å². The normalized spacial score (nSPS) is 12.5. The second kappa shape index (κ2) is 14.6. The molecule has 0 saturated carbocycles. The molecule has 0 aliphatic carbocycles. The molecule has 0 aliphatic heterocycles. The Kier molecular flexibility index (Phi) is 17.0. The smallest absolute Gasteiger partial charge is 0.217 e. The van der Waals surface area contributed by atoms with Crippen LogP contribution in [0, 0.1) is 0 Å². The summed E-state index contributed by atoms with van der Waals surface area (Å²) in [7, 11) is 6.44. The van der Waals surface area contributed by atoms with E-state index in [4.69, 9.17) is 0 Å². The van der Waals surface area contributed by atoms with Gasteiger partial charge >= 0.3 is 0 Å². The van der Waals surface area contributed by atoms with Crippen LogP contribution in [0.5, 0.6) is 0 Å². The van der Waals surface area contributed by atoms with Crippen LogP contribution in [-0.4, -0.2) is 105 Å². The van der Waals surface area contributed by atoms with E-state index in [0.29, 0.717) is 0 Å². The van der Waals surface area contributed by atoms with Gasteiger partial charge in [0.2, 0.25) is 20.8 Å². The van der Waals surface area contributed by atoms with Gasteiger partial charge in [-0.05, 0) is 25.7 Å². The predicted molar refractivity (Wildman–Crippen MR) is 102 cm³/mol. The Bertz CT molecular complexity index is 499. The van der Waals surface area contributed by atoms with Crippen LogP contribution in [0.25, 0.3) is 0 Å². The van der Waals surface area contributed by atoms with Crippen LogP contribution in [0.2, 0.25) is 0 Å². The van der Waals surface area contributed by atoms with Crippen LogP contribution in [-0.2, 0) is 29.2 Å². The molecule has 0 aliphatic rings. The summed E-state index contributed by atoms with van der Waals surface area (Å²) in [6.07, 6.45) is 7.00. The zero-order valence-electron chi connectivity index (χ0n) is 17.9. The van der Waals surface area contributed by atoms with Crippen molar-refractivity contribution in [1.82, 2.24) is 0 Å². The molecule has 0 aromatic carbocycles. The fraction of sp³-hybridized carbons (Fsp3) is 1.00. The van der Waals surface area contributed by atoms with Gasteiger partial charge in [0, 0.05) is 0 Å². The first-order chi connectivity index (χ1) is 11.8. The summed E-state index contributed by atoms with van der Waals surface area (Å²) in [5.74, 6) is 0. The third kappa shape index (κ3) is 46.1. The Hall–Kier alpha value is -0.340. The average Bonchev–Trinajstić information content (AvgIpc) is 2.44. The predicted octanol–water partition coefficient (Wildman–Crippen LogP) is 0.535. The second-order valence-electron chi connectivity index (χ2n) is 7.95. The van der Waals surface area contributed by atoms with Gasteiger partial charge in [0.05, 0.1) is 69.6 Å².